The molecule has 122 valence electrons. The zero-order chi connectivity index (χ0) is 16.4. The van der Waals surface area contributed by atoms with Gasteiger partial charge in [0, 0.05) is 39.0 Å². The first-order valence-electron chi connectivity index (χ1n) is 7.50. The topological polar surface area (TPSA) is 78.0 Å². The molecule has 3 rings (SSSR count). The van der Waals surface area contributed by atoms with Gasteiger partial charge in [-0.2, -0.15) is 0 Å². The third kappa shape index (κ3) is 3.26. The number of likely N-dealkylation sites (tertiary alicyclic amines) is 1. The van der Waals surface area contributed by atoms with E-state index in [9.17, 15) is 19.2 Å². The zero-order valence-corrected chi connectivity index (χ0v) is 13.4. The van der Waals surface area contributed by atoms with Gasteiger partial charge in [-0.05, 0) is 11.4 Å². The predicted octanol–water partition coefficient (Wildman–Crippen LogP) is 0.181. The second-order valence-corrected chi connectivity index (χ2v) is 6.47. The quantitative estimate of drug-likeness (QED) is 0.739. The molecule has 2 aliphatic heterocycles. The van der Waals surface area contributed by atoms with E-state index < -0.39 is 0 Å². The molecular formula is C15H17N3O4S. The lowest BCUT2D eigenvalue weighted by Gasteiger charge is -2.35. The molecule has 0 spiro atoms. The van der Waals surface area contributed by atoms with Gasteiger partial charge in [0.05, 0.1) is 4.88 Å². The van der Waals surface area contributed by atoms with Crippen molar-refractivity contribution in [3.63, 3.8) is 0 Å². The molecule has 0 bridgehead atoms. The Balaban J connectivity index is 1.52. The van der Waals surface area contributed by atoms with Gasteiger partial charge in [0.2, 0.25) is 17.7 Å². The molecule has 3 heterocycles. The lowest BCUT2D eigenvalue weighted by atomic mass is 10.3. The highest BCUT2D eigenvalue weighted by Crippen LogP contribution is 2.15. The monoisotopic (exact) mass is 335 g/mol. The van der Waals surface area contributed by atoms with Gasteiger partial charge < -0.3 is 9.80 Å². The van der Waals surface area contributed by atoms with E-state index in [2.05, 4.69) is 0 Å². The van der Waals surface area contributed by atoms with Gasteiger partial charge in [0.25, 0.3) is 5.91 Å². The standard InChI is InChI=1S/C15H17N3O4S/c19-12-3-4-13(20)18(12)10-14(21)16-5-7-17(8-6-16)15(22)11-2-1-9-23-11/h1-2,9H,3-8,10H2. The van der Waals surface area contributed by atoms with Crippen molar-refractivity contribution in [1.29, 1.82) is 0 Å². The third-order valence-electron chi connectivity index (χ3n) is 4.10. The van der Waals surface area contributed by atoms with Crippen molar-refractivity contribution in [2.24, 2.45) is 0 Å². The molecule has 2 fully saturated rings. The predicted molar refractivity (Wildman–Crippen MR) is 82.8 cm³/mol. The molecule has 1 aromatic rings. The van der Waals surface area contributed by atoms with E-state index in [0.717, 1.165) is 4.90 Å². The molecule has 7 nitrogen and oxygen atoms in total. The van der Waals surface area contributed by atoms with E-state index in [0.29, 0.717) is 31.1 Å². The SMILES string of the molecule is O=C(CN1C(=O)CCC1=O)N1CCN(C(=O)c2cccs2)CC1. The van der Waals surface area contributed by atoms with Crippen LogP contribution in [0.3, 0.4) is 0 Å². The third-order valence-corrected chi connectivity index (χ3v) is 4.96. The summed E-state index contributed by atoms with van der Waals surface area (Å²) >= 11 is 1.40. The Labute approximate surface area is 137 Å². The van der Waals surface area contributed by atoms with Gasteiger partial charge in [0.1, 0.15) is 6.54 Å². The Morgan fingerprint density at radius 1 is 1.00 bits per heavy atom. The van der Waals surface area contributed by atoms with Crippen molar-refractivity contribution in [3.8, 4) is 0 Å². The van der Waals surface area contributed by atoms with E-state index in [4.69, 9.17) is 0 Å². The number of piperazine rings is 1. The lowest BCUT2D eigenvalue weighted by Crippen LogP contribution is -2.53. The van der Waals surface area contributed by atoms with Crippen LogP contribution in [0.2, 0.25) is 0 Å². The first-order chi connectivity index (χ1) is 11.1. The van der Waals surface area contributed by atoms with Crippen LogP contribution in [0.4, 0.5) is 0 Å². The molecule has 2 saturated heterocycles. The van der Waals surface area contributed by atoms with Gasteiger partial charge in [-0.15, -0.1) is 11.3 Å². The molecule has 0 saturated carbocycles. The number of thiophene rings is 1. The van der Waals surface area contributed by atoms with Crippen molar-refractivity contribution in [2.45, 2.75) is 12.8 Å². The molecule has 0 radical (unpaired) electrons. The van der Waals surface area contributed by atoms with Crippen LogP contribution in [0.15, 0.2) is 17.5 Å². The van der Waals surface area contributed by atoms with Gasteiger partial charge in [0.15, 0.2) is 0 Å². The summed E-state index contributed by atoms with van der Waals surface area (Å²) in [4.78, 5) is 52.6. The van der Waals surface area contributed by atoms with Crippen LogP contribution >= 0.6 is 11.3 Å². The van der Waals surface area contributed by atoms with Crippen LogP contribution in [-0.2, 0) is 14.4 Å². The van der Waals surface area contributed by atoms with Gasteiger partial charge >= 0.3 is 0 Å². The average Bonchev–Trinajstić information content (AvgIpc) is 3.20. The molecule has 0 unspecified atom stereocenters. The van der Waals surface area contributed by atoms with E-state index in [1.54, 1.807) is 15.9 Å². The second-order valence-electron chi connectivity index (χ2n) is 5.52. The minimum atomic E-state index is -0.283. The van der Waals surface area contributed by atoms with Crippen LogP contribution in [0.25, 0.3) is 0 Å². The van der Waals surface area contributed by atoms with Crippen molar-refractivity contribution in [3.05, 3.63) is 22.4 Å². The fourth-order valence-electron chi connectivity index (χ4n) is 2.75. The number of hydrogen-bond donors (Lipinski definition) is 0. The van der Waals surface area contributed by atoms with E-state index in [1.165, 1.54) is 11.3 Å². The van der Waals surface area contributed by atoms with Gasteiger partial charge in [-0.3, -0.25) is 24.1 Å². The number of amides is 4. The first kappa shape index (κ1) is 15.7. The van der Waals surface area contributed by atoms with E-state index >= 15 is 0 Å². The minimum absolute atomic E-state index is 0.0167. The summed E-state index contributed by atoms with van der Waals surface area (Å²) in [6.45, 7) is 1.59. The summed E-state index contributed by atoms with van der Waals surface area (Å²) in [7, 11) is 0. The van der Waals surface area contributed by atoms with Crippen LogP contribution in [0, 0.1) is 0 Å². The summed E-state index contributed by atoms with van der Waals surface area (Å²) in [6.07, 6.45) is 0.379. The normalized spacial score (nSPS) is 18.7. The molecule has 0 aromatic carbocycles. The Morgan fingerprint density at radius 2 is 1.61 bits per heavy atom. The largest absolute Gasteiger partial charge is 0.338 e. The van der Waals surface area contributed by atoms with Gasteiger partial charge in [-0.1, -0.05) is 6.07 Å². The Morgan fingerprint density at radius 3 is 2.17 bits per heavy atom. The summed E-state index contributed by atoms with van der Waals surface area (Å²) in [6, 6.07) is 3.62. The molecule has 2 aliphatic rings. The molecular weight excluding hydrogens is 318 g/mol. The number of rotatable bonds is 3. The van der Waals surface area contributed by atoms with Crippen LogP contribution in [0.1, 0.15) is 22.5 Å². The van der Waals surface area contributed by atoms with Crippen LogP contribution in [-0.4, -0.2) is 71.1 Å². The number of nitrogens with zero attached hydrogens (tertiary/aromatic N) is 3. The maximum absolute atomic E-state index is 12.2. The fourth-order valence-corrected chi connectivity index (χ4v) is 3.44. The smallest absolute Gasteiger partial charge is 0.264 e. The van der Waals surface area contributed by atoms with E-state index in [-0.39, 0.29) is 43.0 Å². The summed E-state index contributed by atoms with van der Waals surface area (Å²) in [5.74, 6) is -0.821. The molecule has 1 aromatic heterocycles. The summed E-state index contributed by atoms with van der Waals surface area (Å²) in [5.41, 5.74) is 0. The molecule has 0 atom stereocenters. The van der Waals surface area contributed by atoms with Crippen molar-refractivity contribution >= 4 is 35.0 Å². The first-order valence-corrected chi connectivity index (χ1v) is 8.38. The van der Waals surface area contributed by atoms with Crippen LogP contribution in [0.5, 0.6) is 0 Å². The average molecular weight is 335 g/mol. The Kier molecular flexibility index (Phi) is 4.42. The Bertz CT molecular complexity index is 619. The van der Waals surface area contributed by atoms with Crippen molar-refractivity contribution < 1.29 is 19.2 Å². The number of imide groups is 1. The maximum atomic E-state index is 12.2. The zero-order valence-electron chi connectivity index (χ0n) is 12.6. The molecule has 0 N–H and O–H groups in total. The van der Waals surface area contributed by atoms with Gasteiger partial charge in [-0.25, -0.2) is 0 Å². The molecule has 0 aliphatic carbocycles. The maximum Gasteiger partial charge on any atom is 0.264 e. The molecule has 4 amide bonds. The van der Waals surface area contributed by atoms with E-state index in [1.807, 2.05) is 11.4 Å². The summed E-state index contributed by atoms with van der Waals surface area (Å²) < 4.78 is 0. The molecule has 23 heavy (non-hydrogen) atoms. The van der Waals surface area contributed by atoms with Crippen molar-refractivity contribution in [1.82, 2.24) is 14.7 Å². The van der Waals surface area contributed by atoms with Crippen molar-refractivity contribution in [2.75, 3.05) is 32.7 Å². The highest BCUT2D eigenvalue weighted by molar-refractivity contribution is 7.12. The number of carbonyl (C=O) groups excluding carboxylic acids is 4. The highest BCUT2D eigenvalue weighted by Gasteiger charge is 2.33. The second kappa shape index (κ2) is 6.49. The van der Waals surface area contributed by atoms with Crippen LogP contribution < -0.4 is 0 Å². The summed E-state index contributed by atoms with van der Waals surface area (Å²) in [5, 5.41) is 1.86. The molecule has 8 heteroatoms. The minimum Gasteiger partial charge on any atom is -0.338 e. The lowest BCUT2D eigenvalue weighted by molar-refractivity contribution is -0.146. The fraction of sp³-hybridized carbons (Fsp3) is 0.467. The number of carbonyl (C=O) groups is 4. The number of hydrogen-bond acceptors (Lipinski definition) is 5. The Hall–Kier alpha value is -2.22. The highest BCUT2D eigenvalue weighted by atomic mass is 32.1.